The maximum Gasteiger partial charge on any atom is 0.324 e. The Labute approximate surface area is 192 Å². The van der Waals surface area contributed by atoms with Gasteiger partial charge in [-0.05, 0) is 61.4 Å². The van der Waals surface area contributed by atoms with Crippen molar-refractivity contribution in [3.63, 3.8) is 0 Å². The lowest BCUT2D eigenvalue weighted by atomic mass is 10.1. The molecular formula is C24H25N3O5S. The molecule has 3 aromatic carbocycles. The van der Waals surface area contributed by atoms with E-state index in [0.29, 0.717) is 22.5 Å². The molecule has 0 radical (unpaired) electrons. The molecule has 1 amide bonds. The van der Waals surface area contributed by atoms with Gasteiger partial charge in [0.05, 0.1) is 11.5 Å². The second-order valence-electron chi connectivity index (χ2n) is 7.22. The van der Waals surface area contributed by atoms with Gasteiger partial charge in [-0.3, -0.25) is 9.59 Å². The Bertz CT molecular complexity index is 1210. The maximum atomic E-state index is 12.7. The van der Waals surface area contributed by atoms with E-state index in [4.69, 9.17) is 10.5 Å². The number of anilines is 2. The third-order valence-corrected chi connectivity index (χ3v) is 6.21. The minimum Gasteiger partial charge on any atom is -0.465 e. The van der Waals surface area contributed by atoms with Gasteiger partial charge in [-0.25, -0.2) is 8.42 Å². The highest BCUT2D eigenvalue weighted by Gasteiger charge is 2.27. The van der Waals surface area contributed by atoms with Gasteiger partial charge < -0.3 is 15.8 Å². The number of ether oxygens (including phenoxy) is 1. The number of carbonyl (C=O) groups excluding carboxylic acids is 2. The van der Waals surface area contributed by atoms with Crippen LogP contribution in [0.1, 0.15) is 22.8 Å². The predicted molar refractivity (Wildman–Crippen MR) is 126 cm³/mol. The number of nitrogens with two attached hydrogens (primary N) is 1. The number of hydrogen-bond acceptors (Lipinski definition) is 6. The summed E-state index contributed by atoms with van der Waals surface area (Å²) in [5.74, 6) is -0.980. The summed E-state index contributed by atoms with van der Waals surface area (Å²) in [6, 6.07) is 20.1. The molecule has 8 nitrogen and oxygen atoms in total. The fourth-order valence-electron chi connectivity index (χ4n) is 3.11. The average Bonchev–Trinajstić information content (AvgIpc) is 2.80. The third kappa shape index (κ3) is 6.64. The SMILES string of the molecule is CCOC(=O)C(Cc1ccc(NC(=O)c2cccc(N)c2)cc1)NS(=O)(=O)c1ccccc1. The molecule has 0 fully saturated rings. The first-order valence-corrected chi connectivity index (χ1v) is 11.8. The summed E-state index contributed by atoms with van der Waals surface area (Å²) in [6.45, 7) is 1.77. The minimum atomic E-state index is -3.92. The van der Waals surface area contributed by atoms with Crippen molar-refractivity contribution in [1.29, 1.82) is 0 Å². The second kappa shape index (κ2) is 10.8. The van der Waals surface area contributed by atoms with Gasteiger partial charge in [0.25, 0.3) is 5.91 Å². The fraction of sp³-hybridized carbons (Fsp3) is 0.167. The molecule has 3 rings (SSSR count). The van der Waals surface area contributed by atoms with Crippen molar-refractivity contribution in [2.75, 3.05) is 17.7 Å². The molecule has 3 aromatic rings. The standard InChI is InChI=1S/C24H25N3O5S/c1-2-32-24(29)22(27-33(30,31)21-9-4-3-5-10-21)15-17-11-13-20(14-12-17)26-23(28)18-7-6-8-19(25)16-18/h3-14,16,22,27H,2,15,25H2,1H3,(H,26,28). The van der Waals surface area contributed by atoms with Gasteiger partial charge in [0, 0.05) is 16.9 Å². The van der Waals surface area contributed by atoms with Crippen molar-refractivity contribution in [1.82, 2.24) is 4.72 Å². The Morgan fingerprint density at radius 2 is 1.67 bits per heavy atom. The Balaban J connectivity index is 1.72. The van der Waals surface area contributed by atoms with Crippen LogP contribution in [0.4, 0.5) is 11.4 Å². The van der Waals surface area contributed by atoms with Crippen LogP contribution < -0.4 is 15.8 Å². The first kappa shape index (κ1) is 24.0. The normalized spacial score (nSPS) is 12.0. The summed E-state index contributed by atoms with van der Waals surface area (Å²) in [5.41, 5.74) is 7.86. The molecule has 0 aliphatic heterocycles. The van der Waals surface area contributed by atoms with Gasteiger partial charge >= 0.3 is 5.97 Å². The number of rotatable bonds is 9. The molecule has 0 spiro atoms. The molecule has 0 heterocycles. The summed E-state index contributed by atoms with van der Waals surface area (Å²) in [6.07, 6.45) is 0.0777. The van der Waals surface area contributed by atoms with E-state index in [1.165, 1.54) is 12.1 Å². The zero-order chi connectivity index (χ0) is 23.8. The molecule has 1 atom stereocenters. The van der Waals surface area contributed by atoms with Crippen LogP contribution in [-0.4, -0.2) is 32.9 Å². The van der Waals surface area contributed by atoms with E-state index in [0.717, 1.165) is 0 Å². The number of hydrogen-bond donors (Lipinski definition) is 3. The van der Waals surface area contributed by atoms with E-state index in [-0.39, 0.29) is 23.8 Å². The Morgan fingerprint density at radius 1 is 0.970 bits per heavy atom. The van der Waals surface area contributed by atoms with E-state index in [2.05, 4.69) is 10.0 Å². The van der Waals surface area contributed by atoms with Gasteiger partial charge in [0.15, 0.2) is 0 Å². The highest BCUT2D eigenvalue weighted by molar-refractivity contribution is 7.89. The van der Waals surface area contributed by atoms with Crippen molar-refractivity contribution in [3.8, 4) is 0 Å². The number of sulfonamides is 1. The lowest BCUT2D eigenvalue weighted by Crippen LogP contribution is -2.43. The topological polar surface area (TPSA) is 128 Å². The van der Waals surface area contributed by atoms with Crippen LogP contribution in [0.3, 0.4) is 0 Å². The number of amides is 1. The molecular weight excluding hydrogens is 442 g/mol. The average molecular weight is 468 g/mol. The van der Waals surface area contributed by atoms with Crippen LogP contribution in [0.15, 0.2) is 83.8 Å². The van der Waals surface area contributed by atoms with E-state index in [9.17, 15) is 18.0 Å². The van der Waals surface area contributed by atoms with Crippen molar-refractivity contribution >= 4 is 33.3 Å². The Morgan fingerprint density at radius 3 is 2.30 bits per heavy atom. The van der Waals surface area contributed by atoms with E-state index in [1.54, 1.807) is 73.7 Å². The van der Waals surface area contributed by atoms with Crippen LogP contribution in [0, 0.1) is 0 Å². The van der Waals surface area contributed by atoms with E-state index >= 15 is 0 Å². The Hall–Kier alpha value is -3.69. The smallest absolute Gasteiger partial charge is 0.324 e. The van der Waals surface area contributed by atoms with Crippen molar-refractivity contribution in [2.24, 2.45) is 0 Å². The lowest BCUT2D eigenvalue weighted by molar-refractivity contribution is -0.145. The maximum absolute atomic E-state index is 12.7. The number of esters is 1. The molecule has 0 aliphatic carbocycles. The first-order chi connectivity index (χ1) is 15.8. The minimum absolute atomic E-state index is 0.0545. The molecule has 0 saturated carbocycles. The highest BCUT2D eigenvalue weighted by atomic mass is 32.2. The quantitative estimate of drug-likeness (QED) is 0.328. The molecule has 33 heavy (non-hydrogen) atoms. The van der Waals surface area contributed by atoms with Crippen LogP contribution >= 0.6 is 0 Å². The van der Waals surface area contributed by atoms with Crippen LogP contribution in [0.25, 0.3) is 0 Å². The van der Waals surface area contributed by atoms with Gasteiger partial charge in [0.2, 0.25) is 10.0 Å². The molecule has 4 N–H and O–H groups in total. The molecule has 0 aromatic heterocycles. The van der Waals surface area contributed by atoms with Crippen LogP contribution in [0.5, 0.6) is 0 Å². The zero-order valence-electron chi connectivity index (χ0n) is 18.0. The predicted octanol–water partition coefficient (Wildman–Crippen LogP) is 2.97. The lowest BCUT2D eigenvalue weighted by Gasteiger charge is -2.18. The summed E-state index contributed by atoms with van der Waals surface area (Å²) in [5, 5.41) is 2.77. The molecule has 0 saturated heterocycles. The number of carbonyl (C=O) groups is 2. The molecule has 172 valence electrons. The fourth-order valence-corrected chi connectivity index (χ4v) is 4.32. The molecule has 0 aliphatic rings. The summed E-state index contributed by atoms with van der Waals surface area (Å²) >= 11 is 0. The number of benzene rings is 3. The van der Waals surface area contributed by atoms with Crippen LogP contribution in [-0.2, 0) is 26.0 Å². The van der Waals surface area contributed by atoms with Gasteiger partial charge in [-0.1, -0.05) is 36.4 Å². The number of nitrogens with one attached hydrogen (secondary N) is 2. The van der Waals surface area contributed by atoms with Gasteiger partial charge in [-0.2, -0.15) is 4.72 Å². The second-order valence-corrected chi connectivity index (χ2v) is 8.93. The number of nitrogen functional groups attached to an aromatic ring is 1. The molecule has 0 bridgehead atoms. The summed E-state index contributed by atoms with van der Waals surface area (Å²) in [4.78, 5) is 24.9. The van der Waals surface area contributed by atoms with E-state index < -0.39 is 22.0 Å². The largest absolute Gasteiger partial charge is 0.465 e. The molecule has 1 unspecified atom stereocenters. The van der Waals surface area contributed by atoms with Crippen molar-refractivity contribution in [2.45, 2.75) is 24.3 Å². The summed E-state index contributed by atoms with van der Waals surface area (Å²) in [7, 11) is -3.92. The third-order valence-electron chi connectivity index (χ3n) is 4.72. The molecule has 9 heteroatoms. The highest BCUT2D eigenvalue weighted by Crippen LogP contribution is 2.16. The summed E-state index contributed by atoms with van der Waals surface area (Å²) < 4.78 is 32.9. The van der Waals surface area contributed by atoms with Crippen molar-refractivity contribution in [3.05, 3.63) is 90.0 Å². The monoisotopic (exact) mass is 467 g/mol. The zero-order valence-corrected chi connectivity index (χ0v) is 18.8. The van der Waals surface area contributed by atoms with E-state index in [1.807, 2.05) is 0 Å². The van der Waals surface area contributed by atoms with Gasteiger partial charge in [0.1, 0.15) is 6.04 Å². The van der Waals surface area contributed by atoms with Crippen LogP contribution in [0.2, 0.25) is 0 Å². The first-order valence-electron chi connectivity index (χ1n) is 10.3. The van der Waals surface area contributed by atoms with Gasteiger partial charge in [-0.15, -0.1) is 0 Å². The Kier molecular flexibility index (Phi) is 7.81. The van der Waals surface area contributed by atoms with Crippen molar-refractivity contribution < 1.29 is 22.7 Å².